The molecule has 1 fully saturated rings. The van der Waals surface area contributed by atoms with Crippen molar-refractivity contribution < 1.29 is 4.74 Å². The second-order valence-corrected chi connectivity index (χ2v) is 4.46. The molecule has 0 unspecified atom stereocenters. The van der Waals surface area contributed by atoms with Gasteiger partial charge in [-0.15, -0.1) is 0 Å². The van der Waals surface area contributed by atoms with Crippen LogP contribution in [0.4, 0.5) is 0 Å². The molecular formula is C10H18O. The second-order valence-electron chi connectivity index (χ2n) is 4.46. The van der Waals surface area contributed by atoms with Crippen LogP contribution in [0, 0.1) is 11.3 Å². The Morgan fingerprint density at radius 2 is 1.91 bits per heavy atom. The van der Waals surface area contributed by atoms with Crippen LogP contribution >= 0.6 is 0 Å². The standard InChI is InChI=1S/C10H18O/c1-5-11-9-6-8(7-9)10(2,3)4/h5,8-9H,1,6-7H2,2-4H3/t8-,9+. The van der Waals surface area contributed by atoms with Gasteiger partial charge in [-0.25, -0.2) is 0 Å². The van der Waals surface area contributed by atoms with Crippen molar-refractivity contribution in [3.8, 4) is 0 Å². The highest BCUT2D eigenvalue weighted by Gasteiger charge is 2.37. The first kappa shape index (κ1) is 8.63. The van der Waals surface area contributed by atoms with Gasteiger partial charge in [-0.3, -0.25) is 0 Å². The van der Waals surface area contributed by atoms with Crippen molar-refractivity contribution in [3.63, 3.8) is 0 Å². The maximum Gasteiger partial charge on any atom is 0.0983 e. The molecule has 0 aromatic rings. The van der Waals surface area contributed by atoms with Crippen molar-refractivity contribution >= 4 is 0 Å². The summed E-state index contributed by atoms with van der Waals surface area (Å²) in [7, 11) is 0. The Morgan fingerprint density at radius 3 is 2.27 bits per heavy atom. The minimum Gasteiger partial charge on any atom is -0.499 e. The Labute approximate surface area is 69.4 Å². The van der Waals surface area contributed by atoms with E-state index in [0.717, 1.165) is 5.92 Å². The number of ether oxygens (including phenoxy) is 1. The van der Waals surface area contributed by atoms with Gasteiger partial charge in [0.15, 0.2) is 0 Å². The fraction of sp³-hybridized carbons (Fsp3) is 0.800. The molecular weight excluding hydrogens is 136 g/mol. The van der Waals surface area contributed by atoms with Crippen molar-refractivity contribution in [2.45, 2.75) is 39.7 Å². The van der Waals surface area contributed by atoms with Crippen LogP contribution in [0.3, 0.4) is 0 Å². The van der Waals surface area contributed by atoms with Crippen molar-refractivity contribution in [2.24, 2.45) is 11.3 Å². The first-order valence-electron chi connectivity index (χ1n) is 4.30. The van der Waals surface area contributed by atoms with Gasteiger partial charge in [0.05, 0.1) is 12.4 Å². The van der Waals surface area contributed by atoms with Crippen molar-refractivity contribution in [2.75, 3.05) is 0 Å². The van der Waals surface area contributed by atoms with Crippen LogP contribution in [0.15, 0.2) is 12.8 Å². The monoisotopic (exact) mass is 154 g/mol. The average molecular weight is 154 g/mol. The normalized spacial score (nSPS) is 30.8. The molecule has 0 heterocycles. The van der Waals surface area contributed by atoms with E-state index in [4.69, 9.17) is 4.74 Å². The molecule has 1 rings (SSSR count). The van der Waals surface area contributed by atoms with Gasteiger partial charge in [0.2, 0.25) is 0 Å². The van der Waals surface area contributed by atoms with Crippen LogP contribution in [0.5, 0.6) is 0 Å². The molecule has 64 valence electrons. The molecule has 0 aromatic carbocycles. The summed E-state index contributed by atoms with van der Waals surface area (Å²) in [4.78, 5) is 0. The summed E-state index contributed by atoms with van der Waals surface area (Å²) in [5.74, 6) is 0.840. The lowest BCUT2D eigenvalue weighted by molar-refractivity contribution is -0.0186. The lowest BCUT2D eigenvalue weighted by Crippen LogP contribution is -2.38. The average Bonchev–Trinajstić information content (AvgIpc) is 1.74. The molecule has 1 heteroatoms. The highest BCUT2D eigenvalue weighted by Crippen LogP contribution is 2.42. The summed E-state index contributed by atoms with van der Waals surface area (Å²) in [5.41, 5.74) is 0.459. The minimum absolute atomic E-state index is 0.455. The Hall–Kier alpha value is -0.460. The smallest absolute Gasteiger partial charge is 0.0983 e. The topological polar surface area (TPSA) is 9.23 Å². The van der Waals surface area contributed by atoms with Gasteiger partial charge in [0.25, 0.3) is 0 Å². The van der Waals surface area contributed by atoms with E-state index in [2.05, 4.69) is 27.4 Å². The first-order chi connectivity index (χ1) is 5.04. The van der Waals surface area contributed by atoms with E-state index in [-0.39, 0.29) is 0 Å². The molecule has 0 N–H and O–H groups in total. The van der Waals surface area contributed by atoms with E-state index in [9.17, 15) is 0 Å². The zero-order valence-corrected chi connectivity index (χ0v) is 7.76. The molecule has 0 spiro atoms. The zero-order valence-electron chi connectivity index (χ0n) is 7.76. The van der Waals surface area contributed by atoms with Crippen molar-refractivity contribution in [3.05, 3.63) is 12.8 Å². The van der Waals surface area contributed by atoms with Gasteiger partial charge in [-0.2, -0.15) is 0 Å². The predicted octanol–water partition coefficient (Wildman–Crippen LogP) is 2.97. The minimum atomic E-state index is 0.455. The molecule has 0 radical (unpaired) electrons. The quantitative estimate of drug-likeness (QED) is 0.556. The SMILES string of the molecule is C=CO[C@H]1C[C@@H](C(C)(C)C)C1. The van der Waals surface area contributed by atoms with Crippen LogP contribution in [0.25, 0.3) is 0 Å². The fourth-order valence-electron chi connectivity index (χ4n) is 1.52. The summed E-state index contributed by atoms with van der Waals surface area (Å²) in [6.07, 6.45) is 4.42. The predicted molar refractivity (Wildman–Crippen MR) is 47.2 cm³/mol. The summed E-state index contributed by atoms with van der Waals surface area (Å²) in [6.45, 7) is 10.4. The van der Waals surface area contributed by atoms with Gasteiger partial charge in [-0.05, 0) is 24.2 Å². The van der Waals surface area contributed by atoms with Gasteiger partial charge in [0, 0.05) is 0 Å². The third-order valence-electron chi connectivity index (χ3n) is 2.61. The van der Waals surface area contributed by atoms with Crippen LogP contribution < -0.4 is 0 Å². The maximum atomic E-state index is 5.27. The van der Waals surface area contributed by atoms with E-state index in [1.807, 2.05) is 0 Å². The summed E-state index contributed by atoms with van der Waals surface area (Å²) < 4.78 is 5.27. The molecule has 1 nitrogen and oxygen atoms in total. The second kappa shape index (κ2) is 2.88. The number of hydrogen-bond acceptors (Lipinski definition) is 1. The largest absolute Gasteiger partial charge is 0.499 e. The molecule has 0 aromatic heterocycles. The summed E-state index contributed by atoms with van der Waals surface area (Å²) >= 11 is 0. The summed E-state index contributed by atoms with van der Waals surface area (Å²) in [6, 6.07) is 0. The van der Waals surface area contributed by atoms with E-state index in [1.165, 1.54) is 12.8 Å². The number of rotatable bonds is 2. The maximum absolute atomic E-state index is 5.27. The Morgan fingerprint density at radius 1 is 1.36 bits per heavy atom. The molecule has 0 bridgehead atoms. The van der Waals surface area contributed by atoms with Gasteiger partial charge in [-0.1, -0.05) is 27.4 Å². The zero-order chi connectivity index (χ0) is 8.48. The summed E-state index contributed by atoms with van der Waals surface area (Å²) in [5, 5.41) is 0. The highest BCUT2D eigenvalue weighted by molar-refractivity contribution is 4.88. The van der Waals surface area contributed by atoms with Crippen LogP contribution in [0.1, 0.15) is 33.6 Å². The number of hydrogen-bond donors (Lipinski definition) is 0. The van der Waals surface area contributed by atoms with Crippen molar-refractivity contribution in [1.82, 2.24) is 0 Å². The third kappa shape index (κ3) is 1.98. The van der Waals surface area contributed by atoms with Gasteiger partial charge >= 0.3 is 0 Å². The Bertz CT molecular complexity index is 137. The van der Waals surface area contributed by atoms with Crippen LogP contribution in [-0.4, -0.2) is 6.10 Å². The van der Waals surface area contributed by atoms with E-state index >= 15 is 0 Å². The van der Waals surface area contributed by atoms with E-state index in [0.29, 0.717) is 11.5 Å². The molecule has 0 saturated heterocycles. The van der Waals surface area contributed by atoms with Crippen molar-refractivity contribution in [1.29, 1.82) is 0 Å². The molecule has 0 atom stereocenters. The van der Waals surface area contributed by atoms with Gasteiger partial charge < -0.3 is 4.74 Å². The Kier molecular flexibility index (Phi) is 2.26. The lowest BCUT2D eigenvalue weighted by atomic mass is 9.67. The molecule has 0 aliphatic heterocycles. The first-order valence-corrected chi connectivity index (χ1v) is 4.30. The molecule has 1 aliphatic carbocycles. The molecule has 1 saturated carbocycles. The molecule has 0 amide bonds. The van der Waals surface area contributed by atoms with Crippen LogP contribution in [0.2, 0.25) is 0 Å². The van der Waals surface area contributed by atoms with E-state index in [1.54, 1.807) is 6.26 Å². The molecule has 11 heavy (non-hydrogen) atoms. The fourth-order valence-corrected chi connectivity index (χ4v) is 1.52. The molecule has 1 aliphatic rings. The Balaban J connectivity index is 2.24. The highest BCUT2D eigenvalue weighted by atomic mass is 16.5. The third-order valence-corrected chi connectivity index (χ3v) is 2.61. The lowest BCUT2D eigenvalue weighted by Gasteiger charge is -2.42. The van der Waals surface area contributed by atoms with Crippen LogP contribution in [-0.2, 0) is 4.74 Å². The van der Waals surface area contributed by atoms with Gasteiger partial charge in [0.1, 0.15) is 0 Å². The van der Waals surface area contributed by atoms with E-state index < -0.39 is 0 Å².